The van der Waals surface area contributed by atoms with Crippen LogP contribution in [-0.2, 0) is 14.8 Å². The van der Waals surface area contributed by atoms with Crippen LogP contribution in [0.2, 0.25) is 0 Å². The SMILES string of the molecule is COC(C)(C)CNS(=O)(=O)c1cc(N)cc(C)c1C. The molecule has 6 heteroatoms. The van der Waals surface area contributed by atoms with Gasteiger partial charge < -0.3 is 10.5 Å². The van der Waals surface area contributed by atoms with Crippen molar-refractivity contribution in [2.45, 2.75) is 38.2 Å². The van der Waals surface area contributed by atoms with Crippen molar-refractivity contribution in [2.75, 3.05) is 19.4 Å². The number of nitrogens with one attached hydrogen (secondary N) is 1. The molecule has 0 aliphatic rings. The molecule has 0 spiro atoms. The van der Waals surface area contributed by atoms with Crippen molar-refractivity contribution in [2.24, 2.45) is 0 Å². The number of ether oxygens (including phenoxy) is 1. The quantitative estimate of drug-likeness (QED) is 0.805. The van der Waals surface area contributed by atoms with Gasteiger partial charge in [-0.3, -0.25) is 0 Å². The molecule has 0 bridgehead atoms. The second-order valence-electron chi connectivity index (χ2n) is 5.25. The number of methoxy groups -OCH3 is 1. The van der Waals surface area contributed by atoms with E-state index >= 15 is 0 Å². The molecule has 0 amide bonds. The molecule has 1 rings (SSSR count). The molecule has 0 unspecified atom stereocenters. The van der Waals surface area contributed by atoms with Crippen LogP contribution in [0.25, 0.3) is 0 Å². The third-order valence-corrected chi connectivity index (χ3v) is 4.70. The number of anilines is 1. The normalized spacial score (nSPS) is 12.7. The number of nitrogen functional groups attached to an aromatic ring is 1. The lowest BCUT2D eigenvalue weighted by atomic mass is 10.1. The average molecular weight is 286 g/mol. The van der Waals surface area contributed by atoms with Gasteiger partial charge in [0.15, 0.2) is 0 Å². The molecular formula is C13H22N2O3S. The Bertz CT molecular complexity index is 565. The van der Waals surface area contributed by atoms with Gasteiger partial charge in [-0.15, -0.1) is 0 Å². The zero-order chi connectivity index (χ0) is 14.8. The van der Waals surface area contributed by atoms with E-state index in [9.17, 15) is 8.42 Å². The lowest BCUT2D eigenvalue weighted by molar-refractivity contribution is 0.0276. The summed E-state index contributed by atoms with van der Waals surface area (Å²) in [6.45, 7) is 7.42. The van der Waals surface area contributed by atoms with Gasteiger partial charge in [0.25, 0.3) is 0 Å². The number of sulfonamides is 1. The van der Waals surface area contributed by atoms with Crippen molar-refractivity contribution < 1.29 is 13.2 Å². The molecule has 0 saturated carbocycles. The topological polar surface area (TPSA) is 81.4 Å². The molecule has 1 aromatic rings. The molecule has 1 aromatic carbocycles. The van der Waals surface area contributed by atoms with Gasteiger partial charge >= 0.3 is 0 Å². The lowest BCUT2D eigenvalue weighted by Crippen LogP contribution is -2.39. The molecule has 0 aliphatic carbocycles. The zero-order valence-corrected chi connectivity index (χ0v) is 12.9. The summed E-state index contributed by atoms with van der Waals surface area (Å²) in [4.78, 5) is 0.219. The van der Waals surface area contributed by atoms with E-state index in [2.05, 4.69) is 4.72 Å². The van der Waals surface area contributed by atoms with E-state index in [0.717, 1.165) is 5.56 Å². The smallest absolute Gasteiger partial charge is 0.241 e. The van der Waals surface area contributed by atoms with Crippen LogP contribution in [0.5, 0.6) is 0 Å². The first kappa shape index (κ1) is 15.9. The first-order chi connectivity index (χ1) is 8.59. The molecule has 0 aliphatic heterocycles. The highest BCUT2D eigenvalue weighted by Gasteiger charge is 2.23. The van der Waals surface area contributed by atoms with Crippen molar-refractivity contribution in [3.05, 3.63) is 23.3 Å². The monoisotopic (exact) mass is 286 g/mol. The highest BCUT2D eigenvalue weighted by molar-refractivity contribution is 7.89. The number of rotatable bonds is 5. The summed E-state index contributed by atoms with van der Waals surface area (Å²) in [5, 5.41) is 0. The zero-order valence-electron chi connectivity index (χ0n) is 12.1. The molecule has 5 nitrogen and oxygen atoms in total. The first-order valence-electron chi connectivity index (χ1n) is 6.00. The first-order valence-corrected chi connectivity index (χ1v) is 7.49. The van der Waals surface area contributed by atoms with E-state index in [-0.39, 0.29) is 11.4 Å². The number of benzene rings is 1. The summed E-state index contributed by atoms with van der Waals surface area (Å²) in [6.07, 6.45) is 0. The predicted octanol–water partition coefficient (Wildman–Crippen LogP) is 1.59. The van der Waals surface area contributed by atoms with Crippen LogP contribution < -0.4 is 10.5 Å². The number of nitrogens with two attached hydrogens (primary N) is 1. The number of hydrogen-bond donors (Lipinski definition) is 2. The van der Waals surface area contributed by atoms with Crippen molar-refractivity contribution in [1.29, 1.82) is 0 Å². The van der Waals surface area contributed by atoms with Gasteiger partial charge in [-0.2, -0.15) is 0 Å². The average Bonchev–Trinajstić information content (AvgIpc) is 2.31. The van der Waals surface area contributed by atoms with Crippen LogP contribution in [0.4, 0.5) is 5.69 Å². The van der Waals surface area contributed by atoms with E-state index in [4.69, 9.17) is 10.5 Å². The molecule has 0 atom stereocenters. The van der Waals surface area contributed by atoms with Crippen molar-refractivity contribution in [3.63, 3.8) is 0 Å². The Labute approximate surface area is 115 Å². The van der Waals surface area contributed by atoms with Gasteiger partial charge in [-0.1, -0.05) is 0 Å². The molecule has 0 heterocycles. The van der Waals surface area contributed by atoms with Crippen LogP contribution in [-0.4, -0.2) is 27.7 Å². The lowest BCUT2D eigenvalue weighted by Gasteiger charge is -2.23. The summed E-state index contributed by atoms with van der Waals surface area (Å²) < 4.78 is 32.3. The summed E-state index contributed by atoms with van der Waals surface area (Å²) in [5.74, 6) is 0. The maximum Gasteiger partial charge on any atom is 0.241 e. The van der Waals surface area contributed by atoms with E-state index < -0.39 is 15.6 Å². The maximum absolute atomic E-state index is 12.3. The Morgan fingerprint density at radius 3 is 2.42 bits per heavy atom. The Morgan fingerprint density at radius 2 is 1.89 bits per heavy atom. The highest BCUT2D eigenvalue weighted by Crippen LogP contribution is 2.22. The second-order valence-corrected chi connectivity index (χ2v) is 6.98. The molecule has 19 heavy (non-hydrogen) atoms. The summed E-state index contributed by atoms with van der Waals surface area (Å²) in [7, 11) is -2.04. The fourth-order valence-electron chi connectivity index (χ4n) is 1.55. The van der Waals surface area contributed by atoms with E-state index in [1.165, 1.54) is 6.07 Å². The van der Waals surface area contributed by atoms with Crippen LogP contribution in [0.3, 0.4) is 0 Å². The van der Waals surface area contributed by atoms with Gasteiger partial charge in [0, 0.05) is 19.3 Å². The molecule has 108 valence electrons. The standard InChI is InChI=1S/C13H22N2O3S/c1-9-6-11(14)7-12(10(9)2)19(16,17)15-8-13(3,4)18-5/h6-7,15H,8,14H2,1-5H3. The molecule has 0 fully saturated rings. The third kappa shape index (κ3) is 3.92. The highest BCUT2D eigenvalue weighted by atomic mass is 32.2. The van der Waals surface area contributed by atoms with Gasteiger partial charge in [0.1, 0.15) is 0 Å². The number of aryl methyl sites for hydroxylation is 1. The summed E-state index contributed by atoms with van der Waals surface area (Å²) in [5.41, 5.74) is 7.15. The Kier molecular flexibility index (Phi) is 4.60. The van der Waals surface area contributed by atoms with Crippen molar-refractivity contribution in [1.82, 2.24) is 4.72 Å². The minimum atomic E-state index is -3.59. The predicted molar refractivity (Wildman–Crippen MR) is 76.6 cm³/mol. The van der Waals surface area contributed by atoms with Gasteiger partial charge in [0.05, 0.1) is 10.5 Å². The fraction of sp³-hybridized carbons (Fsp3) is 0.538. The molecule has 0 saturated heterocycles. The summed E-state index contributed by atoms with van der Waals surface area (Å²) >= 11 is 0. The minimum absolute atomic E-state index is 0.194. The Morgan fingerprint density at radius 1 is 1.32 bits per heavy atom. The number of hydrogen-bond acceptors (Lipinski definition) is 4. The Hall–Kier alpha value is -1.11. The van der Waals surface area contributed by atoms with E-state index in [1.807, 2.05) is 20.8 Å². The van der Waals surface area contributed by atoms with Crippen LogP contribution in [0.15, 0.2) is 17.0 Å². The second kappa shape index (κ2) is 5.48. The molecule has 0 aromatic heterocycles. The summed E-state index contributed by atoms with van der Waals surface area (Å²) in [6, 6.07) is 3.23. The maximum atomic E-state index is 12.3. The molecule has 0 radical (unpaired) electrons. The van der Waals surface area contributed by atoms with Crippen molar-refractivity contribution >= 4 is 15.7 Å². The van der Waals surface area contributed by atoms with Crippen LogP contribution >= 0.6 is 0 Å². The van der Waals surface area contributed by atoms with E-state index in [0.29, 0.717) is 11.3 Å². The third-order valence-electron chi connectivity index (χ3n) is 3.17. The largest absolute Gasteiger partial charge is 0.399 e. The van der Waals surface area contributed by atoms with Crippen LogP contribution in [0, 0.1) is 13.8 Å². The minimum Gasteiger partial charge on any atom is -0.399 e. The van der Waals surface area contributed by atoms with Crippen molar-refractivity contribution in [3.8, 4) is 0 Å². The van der Waals surface area contributed by atoms with E-state index in [1.54, 1.807) is 20.1 Å². The molecule has 3 N–H and O–H groups in total. The van der Waals surface area contributed by atoms with Gasteiger partial charge in [-0.05, 0) is 51.0 Å². The molecular weight excluding hydrogens is 264 g/mol. The fourth-order valence-corrected chi connectivity index (χ4v) is 3.10. The van der Waals surface area contributed by atoms with Gasteiger partial charge in [0.2, 0.25) is 10.0 Å². The van der Waals surface area contributed by atoms with Crippen LogP contribution in [0.1, 0.15) is 25.0 Å². The van der Waals surface area contributed by atoms with Gasteiger partial charge in [-0.25, -0.2) is 13.1 Å². The Balaban J connectivity index is 3.08.